The van der Waals surface area contributed by atoms with E-state index in [1.54, 1.807) is 11.8 Å². The summed E-state index contributed by atoms with van der Waals surface area (Å²) in [6, 6.07) is 0. The van der Waals surface area contributed by atoms with Crippen molar-refractivity contribution in [1.82, 2.24) is 14.3 Å². The second-order valence-corrected chi connectivity index (χ2v) is 7.59. The standard InChI is InChI=1S/C10H18N4O2S2/c1-17-10(7-11)2-4-14(5-3-10)18(15,16)9-6-12-8-13-9/h6,8H,2-5,7,11H2,1H3,(H,12,13). The van der Waals surface area contributed by atoms with Gasteiger partial charge in [0.1, 0.15) is 0 Å². The van der Waals surface area contributed by atoms with Crippen LogP contribution in [0.4, 0.5) is 0 Å². The zero-order chi connectivity index (χ0) is 13.2. The molecule has 0 aromatic carbocycles. The Morgan fingerprint density at radius 1 is 1.56 bits per heavy atom. The molecule has 0 spiro atoms. The molecule has 0 bridgehead atoms. The van der Waals surface area contributed by atoms with Crippen LogP contribution in [0.3, 0.4) is 0 Å². The van der Waals surface area contributed by atoms with Gasteiger partial charge in [-0.25, -0.2) is 13.4 Å². The quantitative estimate of drug-likeness (QED) is 0.829. The van der Waals surface area contributed by atoms with Crippen LogP contribution in [0, 0.1) is 0 Å². The van der Waals surface area contributed by atoms with Crippen molar-refractivity contribution in [2.75, 3.05) is 25.9 Å². The molecule has 1 saturated heterocycles. The third-order valence-corrected chi connectivity index (χ3v) is 6.79. The summed E-state index contributed by atoms with van der Waals surface area (Å²) in [4.78, 5) is 6.41. The minimum Gasteiger partial charge on any atom is -0.335 e. The maximum absolute atomic E-state index is 12.3. The third kappa shape index (κ3) is 2.42. The fraction of sp³-hybridized carbons (Fsp3) is 0.700. The summed E-state index contributed by atoms with van der Waals surface area (Å²) in [7, 11) is -3.42. The molecule has 18 heavy (non-hydrogen) atoms. The van der Waals surface area contributed by atoms with E-state index in [1.165, 1.54) is 16.8 Å². The number of aromatic amines is 1. The molecule has 0 aliphatic carbocycles. The van der Waals surface area contributed by atoms with Crippen LogP contribution in [0.2, 0.25) is 0 Å². The van der Waals surface area contributed by atoms with Gasteiger partial charge in [0.05, 0.1) is 12.5 Å². The Balaban J connectivity index is 2.11. The van der Waals surface area contributed by atoms with E-state index in [0.29, 0.717) is 19.6 Å². The van der Waals surface area contributed by atoms with Crippen molar-refractivity contribution in [2.24, 2.45) is 5.73 Å². The second-order valence-electron chi connectivity index (χ2n) is 4.41. The number of rotatable bonds is 4. The van der Waals surface area contributed by atoms with E-state index < -0.39 is 10.0 Å². The van der Waals surface area contributed by atoms with Crippen molar-refractivity contribution in [1.29, 1.82) is 0 Å². The Bertz CT molecular complexity index is 472. The summed E-state index contributed by atoms with van der Waals surface area (Å²) in [6.07, 6.45) is 6.33. The molecule has 0 saturated carbocycles. The Labute approximate surface area is 111 Å². The summed E-state index contributed by atoms with van der Waals surface area (Å²) in [5.41, 5.74) is 5.79. The van der Waals surface area contributed by atoms with E-state index in [4.69, 9.17) is 5.73 Å². The lowest BCUT2D eigenvalue weighted by molar-refractivity contribution is 0.301. The van der Waals surface area contributed by atoms with Crippen molar-refractivity contribution < 1.29 is 8.42 Å². The van der Waals surface area contributed by atoms with Gasteiger partial charge in [-0.05, 0) is 19.1 Å². The van der Waals surface area contributed by atoms with Crippen LogP contribution < -0.4 is 5.73 Å². The van der Waals surface area contributed by atoms with E-state index in [2.05, 4.69) is 9.97 Å². The minimum atomic E-state index is -3.42. The predicted octanol–water partition coefficient (Wildman–Crippen LogP) is 0.255. The van der Waals surface area contributed by atoms with Crippen molar-refractivity contribution in [3.8, 4) is 0 Å². The maximum Gasteiger partial charge on any atom is 0.260 e. The normalized spacial score (nSPS) is 21.0. The third-order valence-electron chi connectivity index (χ3n) is 3.53. The number of H-pyrrole nitrogens is 1. The molecular weight excluding hydrogens is 272 g/mol. The maximum atomic E-state index is 12.3. The summed E-state index contributed by atoms with van der Waals surface area (Å²) < 4.78 is 26.0. The molecule has 0 atom stereocenters. The predicted molar refractivity (Wildman–Crippen MR) is 71.9 cm³/mol. The monoisotopic (exact) mass is 290 g/mol. The van der Waals surface area contributed by atoms with E-state index in [9.17, 15) is 8.42 Å². The van der Waals surface area contributed by atoms with Gasteiger partial charge in [-0.1, -0.05) is 0 Å². The van der Waals surface area contributed by atoms with Crippen molar-refractivity contribution >= 4 is 21.8 Å². The smallest absolute Gasteiger partial charge is 0.260 e. The molecular formula is C10H18N4O2S2. The summed E-state index contributed by atoms with van der Waals surface area (Å²) in [5, 5.41) is 0.159. The first-order valence-electron chi connectivity index (χ1n) is 5.78. The number of nitrogens with two attached hydrogens (primary N) is 1. The van der Waals surface area contributed by atoms with Crippen molar-refractivity contribution in [2.45, 2.75) is 22.6 Å². The Hall–Kier alpha value is -0.570. The lowest BCUT2D eigenvalue weighted by Crippen LogP contribution is -2.48. The number of thioether (sulfide) groups is 1. The average molecular weight is 290 g/mol. The van der Waals surface area contributed by atoms with Gasteiger partial charge in [-0.2, -0.15) is 16.1 Å². The molecule has 1 aliphatic heterocycles. The van der Waals surface area contributed by atoms with E-state index in [1.807, 2.05) is 6.26 Å². The number of sulfonamides is 1. The number of nitrogens with one attached hydrogen (secondary N) is 1. The molecule has 3 N–H and O–H groups in total. The highest BCUT2D eigenvalue weighted by Crippen LogP contribution is 2.34. The van der Waals surface area contributed by atoms with E-state index in [0.717, 1.165) is 12.8 Å². The van der Waals surface area contributed by atoms with Crippen LogP contribution >= 0.6 is 11.8 Å². The Morgan fingerprint density at radius 2 is 2.22 bits per heavy atom. The lowest BCUT2D eigenvalue weighted by Gasteiger charge is -2.39. The topological polar surface area (TPSA) is 92.1 Å². The number of piperidine rings is 1. The fourth-order valence-electron chi connectivity index (χ4n) is 2.15. The van der Waals surface area contributed by atoms with Gasteiger partial charge in [-0.3, -0.25) is 0 Å². The molecule has 1 aliphatic rings. The van der Waals surface area contributed by atoms with E-state index in [-0.39, 0.29) is 9.77 Å². The highest BCUT2D eigenvalue weighted by atomic mass is 32.2. The van der Waals surface area contributed by atoms with Crippen LogP contribution in [0.15, 0.2) is 17.6 Å². The lowest BCUT2D eigenvalue weighted by atomic mass is 9.97. The molecule has 102 valence electrons. The largest absolute Gasteiger partial charge is 0.335 e. The van der Waals surface area contributed by atoms with Gasteiger partial charge >= 0.3 is 0 Å². The molecule has 0 unspecified atom stereocenters. The van der Waals surface area contributed by atoms with Gasteiger partial charge in [0.2, 0.25) is 0 Å². The van der Waals surface area contributed by atoms with E-state index >= 15 is 0 Å². The molecule has 1 aromatic heterocycles. The van der Waals surface area contributed by atoms with Crippen LogP contribution in [-0.2, 0) is 10.0 Å². The fourth-order valence-corrected chi connectivity index (χ4v) is 4.24. The molecule has 0 radical (unpaired) electrons. The van der Waals surface area contributed by atoms with Crippen LogP contribution in [-0.4, -0.2) is 53.3 Å². The number of nitrogens with zero attached hydrogens (tertiary/aromatic N) is 2. The Morgan fingerprint density at radius 3 is 2.67 bits per heavy atom. The van der Waals surface area contributed by atoms with Crippen LogP contribution in [0.1, 0.15) is 12.8 Å². The van der Waals surface area contributed by atoms with Crippen LogP contribution in [0.5, 0.6) is 0 Å². The summed E-state index contributed by atoms with van der Waals surface area (Å²) >= 11 is 1.74. The first kappa shape index (κ1) is 13.9. The number of imidazole rings is 1. The highest BCUT2D eigenvalue weighted by molar-refractivity contribution is 8.00. The second kappa shape index (κ2) is 5.20. The zero-order valence-corrected chi connectivity index (χ0v) is 11.9. The zero-order valence-electron chi connectivity index (χ0n) is 10.3. The molecule has 6 nitrogen and oxygen atoms in total. The molecule has 8 heteroatoms. The number of hydrogen-bond donors (Lipinski definition) is 2. The number of hydrogen-bond acceptors (Lipinski definition) is 5. The van der Waals surface area contributed by atoms with Crippen molar-refractivity contribution in [3.63, 3.8) is 0 Å². The Kier molecular flexibility index (Phi) is 4.00. The highest BCUT2D eigenvalue weighted by Gasteiger charge is 2.37. The summed E-state index contributed by atoms with van der Waals surface area (Å²) in [6.45, 7) is 1.62. The van der Waals surface area contributed by atoms with Gasteiger partial charge in [0.25, 0.3) is 10.0 Å². The molecule has 0 amide bonds. The molecule has 2 rings (SSSR count). The van der Waals surface area contributed by atoms with Crippen molar-refractivity contribution in [3.05, 3.63) is 12.5 Å². The van der Waals surface area contributed by atoms with Crippen LogP contribution in [0.25, 0.3) is 0 Å². The van der Waals surface area contributed by atoms with Gasteiger partial charge in [0, 0.05) is 24.4 Å². The van der Waals surface area contributed by atoms with Gasteiger partial charge < -0.3 is 10.7 Å². The minimum absolute atomic E-state index is 0.0278. The molecule has 1 fully saturated rings. The SMILES string of the molecule is CSC1(CN)CCN(S(=O)(=O)c2cnc[nH]2)CC1. The van der Waals surface area contributed by atoms with Gasteiger partial charge in [-0.15, -0.1) is 0 Å². The number of aromatic nitrogens is 2. The van der Waals surface area contributed by atoms with Gasteiger partial charge in [0.15, 0.2) is 5.03 Å². The first-order chi connectivity index (χ1) is 8.54. The average Bonchev–Trinajstić information content (AvgIpc) is 2.93. The first-order valence-corrected chi connectivity index (χ1v) is 8.44. The molecule has 2 heterocycles. The molecule has 1 aromatic rings. The summed E-state index contributed by atoms with van der Waals surface area (Å²) in [5.74, 6) is 0.